The first kappa shape index (κ1) is 14.2. The van der Waals surface area contributed by atoms with Gasteiger partial charge in [0.25, 0.3) is 0 Å². The smallest absolute Gasteiger partial charge is 0.0596 e. The number of hydrogen-bond acceptors (Lipinski definition) is 2. The Kier molecular flexibility index (Phi) is 4.75. The predicted octanol–water partition coefficient (Wildman–Crippen LogP) is 2.78. The maximum Gasteiger partial charge on any atom is 0.0596 e. The molecule has 1 heterocycles. The Morgan fingerprint density at radius 2 is 2.12 bits per heavy atom. The molecule has 98 valence electrons. The molecule has 0 amide bonds. The molecule has 0 radical (unpaired) electrons. The Morgan fingerprint density at radius 1 is 1.47 bits per heavy atom. The third-order valence-electron chi connectivity index (χ3n) is 3.30. The van der Waals surface area contributed by atoms with E-state index in [0.29, 0.717) is 11.5 Å². The van der Waals surface area contributed by atoms with Gasteiger partial charge in [0.2, 0.25) is 0 Å². The number of hydrogen-bond donors (Lipinski definition) is 1. The molecule has 3 nitrogen and oxygen atoms in total. The molecule has 0 aromatic carbocycles. The highest BCUT2D eigenvalue weighted by Crippen LogP contribution is 2.27. The van der Waals surface area contributed by atoms with Gasteiger partial charge in [-0.25, -0.2) is 0 Å². The van der Waals surface area contributed by atoms with E-state index in [1.54, 1.807) is 0 Å². The zero-order valence-corrected chi connectivity index (χ0v) is 12.2. The van der Waals surface area contributed by atoms with Gasteiger partial charge in [-0.05, 0) is 52.1 Å². The van der Waals surface area contributed by atoms with Crippen LogP contribution in [0.4, 0.5) is 0 Å². The Labute approximate surface area is 106 Å². The number of aryl methyl sites for hydroxylation is 2. The highest BCUT2D eigenvalue weighted by atomic mass is 15.3. The van der Waals surface area contributed by atoms with Gasteiger partial charge in [0.1, 0.15) is 0 Å². The summed E-state index contributed by atoms with van der Waals surface area (Å²) in [7, 11) is 2.03. The monoisotopic (exact) mass is 237 g/mol. The van der Waals surface area contributed by atoms with Crippen LogP contribution in [0.15, 0.2) is 6.07 Å². The Bertz CT molecular complexity index is 352. The molecule has 0 aliphatic carbocycles. The van der Waals surface area contributed by atoms with Crippen molar-refractivity contribution in [3.8, 4) is 0 Å². The van der Waals surface area contributed by atoms with Crippen molar-refractivity contribution in [2.24, 2.45) is 5.41 Å². The van der Waals surface area contributed by atoms with E-state index in [4.69, 9.17) is 0 Å². The molecule has 1 atom stereocenters. The second-order valence-electron chi connectivity index (χ2n) is 5.83. The molecule has 0 aliphatic heterocycles. The molecule has 0 saturated heterocycles. The van der Waals surface area contributed by atoms with Gasteiger partial charge in [-0.2, -0.15) is 5.10 Å². The van der Waals surface area contributed by atoms with E-state index in [1.165, 1.54) is 12.1 Å². The summed E-state index contributed by atoms with van der Waals surface area (Å²) in [5.41, 5.74) is 2.79. The maximum atomic E-state index is 4.51. The number of rotatable bonds is 6. The summed E-state index contributed by atoms with van der Waals surface area (Å²) in [4.78, 5) is 0. The molecular formula is C14H27N3. The molecule has 1 unspecified atom stereocenters. The molecule has 0 saturated carbocycles. The molecular weight excluding hydrogens is 210 g/mol. The van der Waals surface area contributed by atoms with Crippen LogP contribution in [0.3, 0.4) is 0 Å². The summed E-state index contributed by atoms with van der Waals surface area (Å²) in [6, 6.07) is 2.78. The zero-order valence-electron chi connectivity index (χ0n) is 12.2. The van der Waals surface area contributed by atoms with Gasteiger partial charge in [-0.1, -0.05) is 13.8 Å². The number of nitrogens with one attached hydrogen (secondary N) is 1. The lowest BCUT2D eigenvalue weighted by Gasteiger charge is -2.28. The normalized spacial score (nSPS) is 14.0. The number of aromatic nitrogens is 2. The molecule has 0 aliphatic rings. The van der Waals surface area contributed by atoms with Gasteiger partial charge >= 0.3 is 0 Å². The summed E-state index contributed by atoms with van der Waals surface area (Å²) in [6.45, 7) is 12.1. The minimum Gasteiger partial charge on any atom is -0.317 e. The van der Waals surface area contributed by atoms with Crippen LogP contribution in [0.1, 0.15) is 45.5 Å². The fraction of sp³-hybridized carbons (Fsp3) is 0.786. The molecule has 0 spiro atoms. The summed E-state index contributed by atoms with van der Waals surface area (Å²) in [6.07, 6.45) is 2.27. The maximum absolute atomic E-state index is 4.51. The molecule has 1 N–H and O–H groups in total. The van der Waals surface area contributed by atoms with Crippen LogP contribution in [-0.4, -0.2) is 22.9 Å². The minimum atomic E-state index is 0.307. The van der Waals surface area contributed by atoms with Crippen LogP contribution < -0.4 is 5.32 Å². The third-order valence-corrected chi connectivity index (χ3v) is 3.30. The lowest BCUT2D eigenvalue weighted by Crippen LogP contribution is -2.30. The van der Waals surface area contributed by atoms with E-state index in [2.05, 4.69) is 55.8 Å². The van der Waals surface area contributed by atoms with Crippen LogP contribution in [0, 0.1) is 12.3 Å². The first-order chi connectivity index (χ1) is 7.88. The van der Waals surface area contributed by atoms with Crippen molar-refractivity contribution < 1.29 is 0 Å². The second kappa shape index (κ2) is 5.67. The molecule has 0 bridgehead atoms. The second-order valence-corrected chi connectivity index (χ2v) is 5.83. The largest absolute Gasteiger partial charge is 0.317 e. The van der Waals surface area contributed by atoms with Crippen LogP contribution in [-0.2, 0) is 13.0 Å². The van der Waals surface area contributed by atoms with E-state index in [0.717, 1.165) is 18.7 Å². The van der Waals surface area contributed by atoms with E-state index in [9.17, 15) is 0 Å². The fourth-order valence-corrected chi connectivity index (χ4v) is 2.51. The van der Waals surface area contributed by atoms with Crippen molar-refractivity contribution in [1.82, 2.24) is 15.1 Å². The predicted molar refractivity (Wildman–Crippen MR) is 73.3 cm³/mol. The van der Waals surface area contributed by atoms with Gasteiger partial charge in [0, 0.05) is 18.3 Å². The summed E-state index contributed by atoms with van der Waals surface area (Å²) >= 11 is 0. The molecule has 17 heavy (non-hydrogen) atoms. The van der Waals surface area contributed by atoms with Crippen molar-refractivity contribution in [2.45, 2.75) is 60.0 Å². The first-order valence-corrected chi connectivity index (χ1v) is 6.58. The van der Waals surface area contributed by atoms with Gasteiger partial charge < -0.3 is 5.32 Å². The summed E-state index contributed by atoms with van der Waals surface area (Å²) in [5.74, 6) is 0. The van der Waals surface area contributed by atoms with E-state index in [-0.39, 0.29) is 0 Å². The van der Waals surface area contributed by atoms with E-state index in [1.807, 2.05) is 7.05 Å². The van der Waals surface area contributed by atoms with Crippen molar-refractivity contribution in [3.05, 3.63) is 17.5 Å². The topological polar surface area (TPSA) is 29.9 Å². The average molecular weight is 237 g/mol. The Hall–Kier alpha value is -0.830. The molecule has 1 aromatic rings. The first-order valence-electron chi connectivity index (χ1n) is 6.58. The quantitative estimate of drug-likeness (QED) is 0.824. The van der Waals surface area contributed by atoms with Crippen LogP contribution >= 0.6 is 0 Å². The summed E-state index contributed by atoms with van der Waals surface area (Å²) in [5, 5.41) is 7.83. The minimum absolute atomic E-state index is 0.307. The highest BCUT2D eigenvalue weighted by molar-refractivity contribution is 5.10. The standard InChI is InChI=1S/C14H27N3/c1-7-17-13(8-11(2)16-17)10-14(4,5)9-12(3)15-6/h8,12,15H,7,9-10H2,1-6H3. The Morgan fingerprint density at radius 3 is 2.65 bits per heavy atom. The van der Waals surface area contributed by atoms with Crippen molar-refractivity contribution in [2.75, 3.05) is 7.05 Å². The molecule has 3 heteroatoms. The van der Waals surface area contributed by atoms with Crippen LogP contribution in [0.2, 0.25) is 0 Å². The van der Waals surface area contributed by atoms with Crippen LogP contribution in [0.25, 0.3) is 0 Å². The van der Waals surface area contributed by atoms with Gasteiger partial charge in [0.15, 0.2) is 0 Å². The zero-order chi connectivity index (χ0) is 13.1. The molecule has 1 aromatic heterocycles. The molecule has 1 rings (SSSR count). The average Bonchev–Trinajstić information content (AvgIpc) is 2.56. The van der Waals surface area contributed by atoms with Crippen molar-refractivity contribution in [1.29, 1.82) is 0 Å². The summed E-state index contributed by atoms with van der Waals surface area (Å²) < 4.78 is 2.13. The SMILES string of the molecule is CCn1nc(C)cc1CC(C)(C)CC(C)NC. The lowest BCUT2D eigenvalue weighted by atomic mass is 9.82. The van der Waals surface area contributed by atoms with Crippen molar-refractivity contribution >= 4 is 0 Å². The van der Waals surface area contributed by atoms with Gasteiger partial charge in [-0.15, -0.1) is 0 Å². The lowest BCUT2D eigenvalue weighted by molar-refractivity contribution is 0.286. The van der Waals surface area contributed by atoms with Crippen molar-refractivity contribution in [3.63, 3.8) is 0 Å². The van der Waals surface area contributed by atoms with Gasteiger partial charge in [0.05, 0.1) is 5.69 Å². The highest BCUT2D eigenvalue weighted by Gasteiger charge is 2.23. The Balaban J connectivity index is 2.74. The van der Waals surface area contributed by atoms with Crippen LogP contribution in [0.5, 0.6) is 0 Å². The van der Waals surface area contributed by atoms with E-state index >= 15 is 0 Å². The van der Waals surface area contributed by atoms with Gasteiger partial charge in [-0.3, -0.25) is 4.68 Å². The molecule has 0 fully saturated rings. The number of nitrogens with zero attached hydrogens (tertiary/aromatic N) is 2. The fourth-order valence-electron chi connectivity index (χ4n) is 2.51. The van der Waals surface area contributed by atoms with E-state index < -0.39 is 0 Å². The third kappa shape index (κ3) is 4.15.